The van der Waals surface area contributed by atoms with Crippen molar-refractivity contribution < 1.29 is 19.1 Å². The van der Waals surface area contributed by atoms with Crippen molar-refractivity contribution in [1.29, 1.82) is 0 Å². The highest BCUT2D eigenvalue weighted by Crippen LogP contribution is 2.31. The van der Waals surface area contributed by atoms with Crippen LogP contribution in [0.15, 0.2) is 35.5 Å². The number of piperidine rings is 1. The van der Waals surface area contributed by atoms with Crippen molar-refractivity contribution in [2.75, 3.05) is 33.9 Å². The monoisotopic (exact) mass is 387 g/mol. The molecule has 0 radical (unpaired) electrons. The number of amides is 2. The third-order valence-electron chi connectivity index (χ3n) is 5.31. The molecule has 3 rings (SSSR count). The molecule has 2 aliphatic rings. The van der Waals surface area contributed by atoms with Crippen LogP contribution in [0.5, 0.6) is 5.75 Å². The van der Waals surface area contributed by atoms with Crippen molar-refractivity contribution in [2.45, 2.75) is 26.3 Å². The Hall–Kier alpha value is -2.54. The van der Waals surface area contributed by atoms with Crippen LogP contribution in [0, 0.1) is 11.8 Å². The van der Waals surface area contributed by atoms with E-state index < -0.39 is 12.0 Å². The molecule has 0 aromatic heterocycles. The maximum Gasteiger partial charge on any atom is 0.338 e. The molecule has 0 saturated carbocycles. The number of nitrogens with one attached hydrogen (secondary N) is 2. The van der Waals surface area contributed by atoms with E-state index in [1.165, 1.54) is 13.5 Å². The Kier molecular flexibility index (Phi) is 6.24. The van der Waals surface area contributed by atoms with E-state index in [0.29, 0.717) is 35.4 Å². The molecule has 28 heavy (non-hydrogen) atoms. The molecule has 0 bridgehead atoms. The molecule has 3 atom stereocenters. The number of nitrogens with zero attached hydrogens (tertiary/aromatic N) is 1. The predicted molar refractivity (Wildman–Crippen MR) is 106 cm³/mol. The first-order chi connectivity index (χ1) is 13.4. The van der Waals surface area contributed by atoms with Crippen LogP contribution >= 0.6 is 0 Å². The number of carbonyl (C=O) groups excluding carboxylic acids is 2. The van der Waals surface area contributed by atoms with Gasteiger partial charge in [0.25, 0.3) is 0 Å². The Bertz CT molecular complexity index is 767. The zero-order chi connectivity index (χ0) is 20.3. The topological polar surface area (TPSA) is 79.9 Å². The molecule has 0 unspecified atom stereocenters. The van der Waals surface area contributed by atoms with Crippen LogP contribution in [0.2, 0.25) is 0 Å². The number of likely N-dealkylation sites (tertiary alicyclic amines) is 1. The minimum absolute atomic E-state index is 0.325. The van der Waals surface area contributed by atoms with E-state index in [0.717, 1.165) is 18.7 Å². The Morgan fingerprint density at radius 2 is 1.93 bits per heavy atom. The van der Waals surface area contributed by atoms with Crippen LogP contribution in [-0.4, -0.2) is 50.8 Å². The van der Waals surface area contributed by atoms with Crippen LogP contribution in [0.4, 0.5) is 4.79 Å². The summed E-state index contributed by atoms with van der Waals surface area (Å²) < 4.78 is 10.4. The Balaban J connectivity index is 1.97. The van der Waals surface area contributed by atoms with Crippen molar-refractivity contribution in [3.63, 3.8) is 0 Å². The van der Waals surface area contributed by atoms with Gasteiger partial charge in [-0.1, -0.05) is 26.0 Å². The highest BCUT2D eigenvalue weighted by atomic mass is 16.5. The fourth-order valence-corrected chi connectivity index (χ4v) is 4.31. The fraction of sp³-hybridized carbons (Fsp3) is 0.524. The number of hydrogen-bond acceptors (Lipinski definition) is 5. The van der Waals surface area contributed by atoms with Gasteiger partial charge in [-0.05, 0) is 36.0 Å². The summed E-state index contributed by atoms with van der Waals surface area (Å²) in [6.07, 6.45) is 1.19. The Morgan fingerprint density at radius 1 is 1.21 bits per heavy atom. The van der Waals surface area contributed by atoms with Crippen LogP contribution in [-0.2, 0) is 9.53 Å². The quantitative estimate of drug-likeness (QED) is 0.759. The molecule has 7 nitrogen and oxygen atoms in total. The third-order valence-corrected chi connectivity index (χ3v) is 5.31. The lowest BCUT2D eigenvalue weighted by molar-refractivity contribution is -0.136. The van der Waals surface area contributed by atoms with E-state index >= 15 is 0 Å². The first-order valence-electron chi connectivity index (χ1n) is 9.66. The predicted octanol–water partition coefficient (Wildman–Crippen LogP) is 2.45. The number of esters is 1. The van der Waals surface area contributed by atoms with E-state index in [2.05, 4.69) is 29.4 Å². The van der Waals surface area contributed by atoms with Gasteiger partial charge in [-0.15, -0.1) is 0 Å². The summed E-state index contributed by atoms with van der Waals surface area (Å²) in [4.78, 5) is 27.3. The van der Waals surface area contributed by atoms with Gasteiger partial charge in [0, 0.05) is 25.3 Å². The summed E-state index contributed by atoms with van der Waals surface area (Å²) in [5, 5.41) is 5.69. The average Bonchev–Trinajstić information content (AvgIpc) is 2.66. The summed E-state index contributed by atoms with van der Waals surface area (Å²) in [5.74, 6) is 1.37. The lowest BCUT2D eigenvalue weighted by Gasteiger charge is -2.37. The van der Waals surface area contributed by atoms with E-state index in [9.17, 15) is 9.59 Å². The van der Waals surface area contributed by atoms with Crippen LogP contribution in [0.3, 0.4) is 0 Å². The number of rotatable bonds is 5. The number of urea groups is 1. The van der Waals surface area contributed by atoms with Crippen LogP contribution in [0.25, 0.3) is 0 Å². The van der Waals surface area contributed by atoms with E-state index in [1.54, 1.807) is 7.11 Å². The minimum atomic E-state index is -0.592. The third kappa shape index (κ3) is 4.47. The molecule has 2 N–H and O–H groups in total. The van der Waals surface area contributed by atoms with Gasteiger partial charge in [0.05, 0.1) is 25.8 Å². The molecule has 1 aromatic rings. The molecular weight excluding hydrogens is 358 g/mol. The summed E-state index contributed by atoms with van der Waals surface area (Å²) in [7, 11) is 2.94. The smallest absolute Gasteiger partial charge is 0.338 e. The number of carbonyl (C=O) groups is 2. The first kappa shape index (κ1) is 20.2. The SMILES string of the molecule is COC(=O)C1=C(CN2C[C@H](C)C[C@H](C)C2)NC(=O)N[C@@H]1c1cccc(OC)c1. The molecule has 1 aromatic carbocycles. The molecule has 1 saturated heterocycles. The first-order valence-corrected chi connectivity index (χ1v) is 9.66. The molecule has 7 heteroatoms. The molecule has 2 amide bonds. The standard InChI is InChI=1S/C21H29N3O4/c1-13-8-14(2)11-24(10-13)12-17-18(20(25)28-4)19(23-21(26)22-17)15-6-5-7-16(9-15)27-3/h5-7,9,13-14,19H,8,10-12H2,1-4H3,(H2,22,23,26)/t13-,14+,19-/m1/s1. The lowest BCUT2D eigenvalue weighted by atomic mass is 9.91. The fourth-order valence-electron chi connectivity index (χ4n) is 4.31. The molecule has 0 aliphatic carbocycles. The van der Waals surface area contributed by atoms with Crippen LogP contribution in [0.1, 0.15) is 31.9 Å². The Morgan fingerprint density at radius 3 is 2.57 bits per heavy atom. The molecule has 152 valence electrons. The second-order valence-electron chi connectivity index (χ2n) is 7.83. The number of hydrogen-bond donors (Lipinski definition) is 2. The minimum Gasteiger partial charge on any atom is -0.497 e. The van der Waals surface area contributed by atoms with Gasteiger partial charge < -0.3 is 20.1 Å². The van der Waals surface area contributed by atoms with Crippen molar-refractivity contribution in [3.05, 3.63) is 41.1 Å². The van der Waals surface area contributed by atoms with E-state index in [4.69, 9.17) is 9.47 Å². The molecule has 1 fully saturated rings. The van der Waals surface area contributed by atoms with Crippen molar-refractivity contribution in [1.82, 2.24) is 15.5 Å². The van der Waals surface area contributed by atoms with Gasteiger partial charge in [-0.2, -0.15) is 0 Å². The molecule has 0 spiro atoms. The zero-order valence-electron chi connectivity index (χ0n) is 17.0. The Labute approximate surface area is 166 Å². The highest BCUT2D eigenvalue weighted by molar-refractivity contribution is 5.95. The summed E-state index contributed by atoms with van der Waals surface area (Å²) in [6, 6.07) is 6.43. The normalized spacial score (nSPS) is 25.7. The second kappa shape index (κ2) is 8.65. The lowest BCUT2D eigenvalue weighted by Crippen LogP contribution is -2.50. The van der Waals surface area contributed by atoms with Crippen molar-refractivity contribution in [2.24, 2.45) is 11.8 Å². The summed E-state index contributed by atoms with van der Waals surface area (Å²) in [6.45, 7) is 6.86. The van der Waals surface area contributed by atoms with Gasteiger partial charge in [0.1, 0.15) is 5.75 Å². The largest absolute Gasteiger partial charge is 0.497 e. The van der Waals surface area contributed by atoms with Crippen LogP contribution < -0.4 is 15.4 Å². The number of benzene rings is 1. The van der Waals surface area contributed by atoms with E-state index in [-0.39, 0.29) is 6.03 Å². The number of ether oxygens (including phenoxy) is 2. The van der Waals surface area contributed by atoms with E-state index in [1.807, 2.05) is 24.3 Å². The number of methoxy groups -OCH3 is 2. The molecular formula is C21H29N3O4. The van der Waals surface area contributed by atoms with Crippen molar-refractivity contribution in [3.8, 4) is 5.75 Å². The van der Waals surface area contributed by atoms with Gasteiger partial charge in [0.2, 0.25) is 0 Å². The van der Waals surface area contributed by atoms with Crippen molar-refractivity contribution >= 4 is 12.0 Å². The van der Waals surface area contributed by atoms with Gasteiger partial charge in [-0.25, -0.2) is 9.59 Å². The maximum absolute atomic E-state index is 12.7. The maximum atomic E-state index is 12.7. The summed E-state index contributed by atoms with van der Waals surface area (Å²) >= 11 is 0. The highest BCUT2D eigenvalue weighted by Gasteiger charge is 2.35. The average molecular weight is 387 g/mol. The molecule has 2 aliphatic heterocycles. The zero-order valence-corrected chi connectivity index (χ0v) is 17.0. The second-order valence-corrected chi connectivity index (χ2v) is 7.83. The molecule has 2 heterocycles. The van der Waals surface area contributed by atoms with Gasteiger partial charge in [0.15, 0.2) is 0 Å². The summed E-state index contributed by atoms with van der Waals surface area (Å²) in [5.41, 5.74) is 1.80. The van der Waals surface area contributed by atoms with Gasteiger partial charge in [-0.3, -0.25) is 4.90 Å². The van der Waals surface area contributed by atoms with Gasteiger partial charge >= 0.3 is 12.0 Å².